The van der Waals surface area contributed by atoms with Gasteiger partial charge in [0.1, 0.15) is 5.75 Å². The maximum absolute atomic E-state index is 12.9. The van der Waals surface area contributed by atoms with E-state index in [1.54, 1.807) is 28.6 Å². The minimum absolute atomic E-state index is 0.172. The van der Waals surface area contributed by atoms with E-state index < -0.39 is 10.0 Å². The molecule has 0 aromatic heterocycles. The van der Waals surface area contributed by atoms with Crippen molar-refractivity contribution in [3.8, 4) is 5.75 Å². The van der Waals surface area contributed by atoms with Crippen molar-refractivity contribution in [1.82, 2.24) is 9.62 Å². The minimum Gasteiger partial charge on any atom is -0.484 e. The first-order valence-electron chi connectivity index (χ1n) is 11.7. The van der Waals surface area contributed by atoms with Crippen LogP contribution in [0.2, 0.25) is 0 Å². The van der Waals surface area contributed by atoms with Crippen LogP contribution in [-0.4, -0.2) is 38.3 Å². The number of nitrogens with one attached hydrogen (secondary N) is 1. The Morgan fingerprint density at radius 3 is 1.85 bits per heavy atom. The number of hydrogen-bond donors (Lipinski definition) is 1. The van der Waals surface area contributed by atoms with E-state index in [2.05, 4.69) is 5.32 Å². The Kier molecular flexibility index (Phi) is 7.98. The van der Waals surface area contributed by atoms with Crippen molar-refractivity contribution in [3.05, 3.63) is 96.1 Å². The SMILES string of the molecule is O=C(COc1ccc(S(=O)(=O)N2CCCCCC2)cc1)NC(c1ccccc1)c1ccccc1. The van der Waals surface area contributed by atoms with Gasteiger partial charge >= 0.3 is 0 Å². The largest absolute Gasteiger partial charge is 0.484 e. The molecule has 3 aromatic rings. The summed E-state index contributed by atoms with van der Waals surface area (Å²) < 4.78 is 33.1. The maximum atomic E-state index is 12.9. The lowest BCUT2D eigenvalue weighted by Crippen LogP contribution is -2.33. The van der Waals surface area contributed by atoms with Gasteiger partial charge in [0.15, 0.2) is 6.61 Å². The van der Waals surface area contributed by atoms with E-state index in [1.165, 1.54) is 0 Å². The van der Waals surface area contributed by atoms with Gasteiger partial charge in [0.25, 0.3) is 5.91 Å². The lowest BCUT2D eigenvalue weighted by atomic mass is 9.99. The molecule has 6 nitrogen and oxygen atoms in total. The number of ether oxygens (including phenoxy) is 1. The van der Waals surface area contributed by atoms with Gasteiger partial charge in [0.05, 0.1) is 10.9 Å². The molecule has 1 amide bonds. The zero-order valence-electron chi connectivity index (χ0n) is 19.1. The Hall–Kier alpha value is -3.16. The average Bonchev–Trinajstić information content (AvgIpc) is 3.18. The molecule has 1 N–H and O–H groups in total. The van der Waals surface area contributed by atoms with Gasteiger partial charge < -0.3 is 10.1 Å². The van der Waals surface area contributed by atoms with Crippen molar-refractivity contribution in [1.29, 1.82) is 0 Å². The Morgan fingerprint density at radius 1 is 0.794 bits per heavy atom. The molecule has 1 aliphatic heterocycles. The molecule has 178 valence electrons. The molecule has 0 unspecified atom stereocenters. The number of rotatable bonds is 8. The number of benzene rings is 3. The van der Waals surface area contributed by atoms with Crippen molar-refractivity contribution in [2.24, 2.45) is 0 Å². The first kappa shape index (κ1) is 24.0. The van der Waals surface area contributed by atoms with Crippen molar-refractivity contribution in [3.63, 3.8) is 0 Å². The van der Waals surface area contributed by atoms with E-state index in [9.17, 15) is 13.2 Å². The topological polar surface area (TPSA) is 75.7 Å². The van der Waals surface area contributed by atoms with Crippen molar-refractivity contribution in [2.45, 2.75) is 36.6 Å². The second-order valence-corrected chi connectivity index (χ2v) is 10.3. The van der Waals surface area contributed by atoms with Crippen molar-refractivity contribution >= 4 is 15.9 Å². The van der Waals surface area contributed by atoms with Crippen LogP contribution in [0.25, 0.3) is 0 Å². The molecule has 1 fully saturated rings. The molecule has 0 aliphatic carbocycles. The van der Waals surface area contributed by atoms with Gasteiger partial charge in [-0.3, -0.25) is 4.79 Å². The molecule has 1 aliphatic rings. The zero-order chi connectivity index (χ0) is 23.8. The van der Waals surface area contributed by atoms with Crippen molar-refractivity contribution < 1.29 is 17.9 Å². The summed E-state index contributed by atoms with van der Waals surface area (Å²) in [6, 6.07) is 25.5. The number of sulfonamides is 1. The Labute approximate surface area is 201 Å². The fourth-order valence-electron chi connectivity index (χ4n) is 4.14. The predicted molar refractivity (Wildman–Crippen MR) is 132 cm³/mol. The third kappa shape index (κ3) is 6.04. The first-order chi connectivity index (χ1) is 16.5. The normalized spacial score (nSPS) is 15.0. The maximum Gasteiger partial charge on any atom is 0.258 e. The van der Waals surface area contributed by atoms with Gasteiger partial charge in [0, 0.05) is 13.1 Å². The van der Waals surface area contributed by atoms with Crippen LogP contribution in [0.1, 0.15) is 42.9 Å². The Morgan fingerprint density at radius 2 is 1.32 bits per heavy atom. The van der Waals surface area contributed by atoms with Crippen LogP contribution in [-0.2, 0) is 14.8 Å². The summed E-state index contributed by atoms with van der Waals surface area (Å²) in [5.74, 6) is 0.180. The summed E-state index contributed by atoms with van der Waals surface area (Å²) in [4.78, 5) is 12.9. The number of amides is 1. The Bertz CT molecular complexity index is 1120. The number of carbonyl (C=O) groups excluding carboxylic acids is 1. The monoisotopic (exact) mass is 478 g/mol. The third-order valence-electron chi connectivity index (χ3n) is 5.97. The van der Waals surface area contributed by atoms with E-state index in [-0.39, 0.29) is 23.5 Å². The van der Waals surface area contributed by atoms with E-state index in [0.717, 1.165) is 36.8 Å². The predicted octanol–water partition coefficient (Wildman–Crippen LogP) is 4.54. The van der Waals surface area contributed by atoms with E-state index in [1.807, 2.05) is 60.7 Å². The summed E-state index contributed by atoms with van der Waals surface area (Å²) in [5, 5.41) is 3.04. The average molecular weight is 479 g/mol. The smallest absolute Gasteiger partial charge is 0.258 e. The second kappa shape index (κ2) is 11.3. The van der Waals surface area contributed by atoms with E-state index in [4.69, 9.17) is 4.74 Å². The molecule has 7 heteroatoms. The van der Waals surface area contributed by atoms with Gasteiger partial charge in [-0.2, -0.15) is 4.31 Å². The van der Waals surface area contributed by atoms with Crippen LogP contribution in [0.15, 0.2) is 89.8 Å². The van der Waals surface area contributed by atoms with Gasteiger partial charge in [-0.15, -0.1) is 0 Å². The summed E-state index contributed by atoms with van der Waals surface area (Å²) in [5.41, 5.74) is 1.95. The van der Waals surface area contributed by atoms with Gasteiger partial charge in [-0.05, 0) is 48.2 Å². The lowest BCUT2D eigenvalue weighted by Gasteiger charge is -2.20. The molecular weight excluding hydrogens is 448 g/mol. The summed E-state index contributed by atoms with van der Waals surface area (Å²) in [6.45, 7) is 0.948. The van der Waals surface area contributed by atoms with Crippen LogP contribution in [0, 0.1) is 0 Å². The van der Waals surface area contributed by atoms with Gasteiger partial charge in [-0.1, -0.05) is 73.5 Å². The highest BCUT2D eigenvalue weighted by Gasteiger charge is 2.25. The standard InChI is InChI=1S/C27H30N2O4S/c30-26(28-27(22-11-5-3-6-12-22)23-13-7-4-8-14-23)21-33-24-15-17-25(18-16-24)34(31,32)29-19-9-1-2-10-20-29/h3-8,11-18,27H,1-2,9-10,19-21H2,(H,28,30). The molecule has 0 saturated carbocycles. The van der Waals surface area contributed by atoms with Crippen LogP contribution in [0.5, 0.6) is 5.75 Å². The number of hydrogen-bond acceptors (Lipinski definition) is 4. The highest BCUT2D eigenvalue weighted by molar-refractivity contribution is 7.89. The third-order valence-corrected chi connectivity index (χ3v) is 7.88. The van der Waals surface area contributed by atoms with Crippen LogP contribution >= 0.6 is 0 Å². The van der Waals surface area contributed by atoms with Crippen molar-refractivity contribution in [2.75, 3.05) is 19.7 Å². The minimum atomic E-state index is -3.51. The van der Waals surface area contributed by atoms with Crippen LogP contribution < -0.4 is 10.1 Å². The molecular formula is C27H30N2O4S. The fourth-order valence-corrected chi connectivity index (χ4v) is 5.66. The second-order valence-electron chi connectivity index (χ2n) is 8.40. The highest BCUT2D eigenvalue weighted by Crippen LogP contribution is 2.24. The molecule has 0 bridgehead atoms. The number of nitrogens with zero attached hydrogens (tertiary/aromatic N) is 1. The molecule has 34 heavy (non-hydrogen) atoms. The number of carbonyl (C=O) groups is 1. The zero-order valence-corrected chi connectivity index (χ0v) is 19.9. The van der Waals surface area contributed by atoms with Crippen LogP contribution in [0.4, 0.5) is 0 Å². The molecule has 0 spiro atoms. The molecule has 3 aromatic carbocycles. The fraction of sp³-hybridized carbons (Fsp3) is 0.296. The molecule has 0 atom stereocenters. The molecule has 0 radical (unpaired) electrons. The molecule has 1 saturated heterocycles. The van der Waals surface area contributed by atoms with Crippen LogP contribution in [0.3, 0.4) is 0 Å². The van der Waals surface area contributed by atoms with Gasteiger partial charge in [-0.25, -0.2) is 8.42 Å². The quantitative estimate of drug-likeness (QED) is 0.516. The summed E-state index contributed by atoms with van der Waals surface area (Å²) >= 11 is 0. The highest BCUT2D eigenvalue weighted by atomic mass is 32.2. The van der Waals surface area contributed by atoms with Gasteiger partial charge in [0.2, 0.25) is 10.0 Å². The lowest BCUT2D eigenvalue weighted by molar-refractivity contribution is -0.123. The van der Waals surface area contributed by atoms with E-state index >= 15 is 0 Å². The Balaban J connectivity index is 1.38. The van der Waals surface area contributed by atoms with E-state index in [0.29, 0.717) is 18.8 Å². The summed E-state index contributed by atoms with van der Waals surface area (Å²) in [6.07, 6.45) is 3.91. The first-order valence-corrected chi connectivity index (χ1v) is 13.1. The molecule has 4 rings (SSSR count). The summed E-state index contributed by atoms with van der Waals surface area (Å²) in [7, 11) is -3.51. The molecule has 1 heterocycles.